The zero-order valence-electron chi connectivity index (χ0n) is 14.1. The predicted molar refractivity (Wildman–Crippen MR) is 95.0 cm³/mol. The zero-order valence-corrected chi connectivity index (χ0v) is 15.7. The summed E-state index contributed by atoms with van der Waals surface area (Å²) in [6.07, 6.45) is -0.919. The molecule has 2 aromatic rings. The van der Waals surface area contributed by atoms with Gasteiger partial charge in [-0.25, -0.2) is 0 Å². The van der Waals surface area contributed by atoms with E-state index < -0.39 is 17.5 Å². The van der Waals surface area contributed by atoms with Crippen molar-refractivity contribution in [3.8, 4) is 0 Å². The van der Waals surface area contributed by atoms with Gasteiger partial charge in [0.25, 0.3) is 5.78 Å². The van der Waals surface area contributed by atoms with Crippen molar-refractivity contribution in [3.05, 3.63) is 34.4 Å². The lowest BCUT2D eigenvalue weighted by Gasteiger charge is -2.33. The maximum Gasteiger partial charge on any atom is 0.454 e. The van der Waals surface area contributed by atoms with Gasteiger partial charge < -0.3 is 9.47 Å². The number of nitrogens with zero attached hydrogens (tertiary/aromatic N) is 2. The van der Waals surface area contributed by atoms with Gasteiger partial charge in [0.2, 0.25) is 5.91 Å². The van der Waals surface area contributed by atoms with E-state index in [2.05, 4.69) is 15.9 Å². The molecule has 8 heteroatoms. The van der Waals surface area contributed by atoms with Gasteiger partial charge in [0, 0.05) is 34.2 Å². The first-order valence-corrected chi connectivity index (χ1v) is 9.17. The van der Waals surface area contributed by atoms with E-state index in [1.807, 2.05) is 6.92 Å². The SMILES string of the molecule is C[C@H]1CCCCN1C(=O)Cn1cc(C(=O)C(F)(F)F)c2cc(Br)ccc21. The van der Waals surface area contributed by atoms with E-state index in [9.17, 15) is 22.8 Å². The second-order valence-corrected chi connectivity index (χ2v) is 7.51. The number of alkyl halides is 3. The second kappa shape index (κ2) is 7.06. The lowest BCUT2D eigenvalue weighted by Crippen LogP contribution is -2.43. The monoisotopic (exact) mass is 430 g/mol. The fourth-order valence-electron chi connectivity index (χ4n) is 3.44. The van der Waals surface area contributed by atoms with E-state index >= 15 is 0 Å². The second-order valence-electron chi connectivity index (χ2n) is 6.59. The summed E-state index contributed by atoms with van der Waals surface area (Å²) < 4.78 is 40.8. The number of Topliss-reactive ketones (excluding diaryl/α,β-unsaturated/α-hetero) is 1. The lowest BCUT2D eigenvalue weighted by molar-refractivity contribution is -0.135. The fraction of sp³-hybridized carbons (Fsp3) is 0.444. The topological polar surface area (TPSA) is 42.3 Å². The standard InChI is InChI=1S/C18H18BrF3N2O2/c1-11-4-2-3-7-24(11)16(25)10-23-9-14(17(26)18(20,21)22)13-8-12(19)5-6-15(13)23/h5-6,8-9,11H,2-4,7,10H2,1H3/t11-/m0/s1. The highest BCUT2D eigenvalue weighted by Gasteiger charge is 2.41. The molecule has 1 aliphatic rings. The zero-order chi connectivity index (χ0) is 19.1. The molecule has 1 aromatic carbocycles. The largest absolute Gasteiger partial charge is 0.454 e. The number of rotatable bonds is 3. The van der Waals surface area contributed by atoms with Crippen molar-refractivity contribution in [3.63, 3.8) is 0 Å². The average Bonchev–Trinajstić information content (AvgIpc) is 2.91. The van der Waals surface area contributed by atoms with Crippen molar-refractivity contribution in [1.29, 1.82) is 0 Å². The van der Waals surface area contributed by atoms with Crippen LogP contribution in [0.3, 0.4) is 0 Å². The minimum absolute atomic E-state index is 0.0897. The quantitative estimate of drug-likeness (QED) is 0.670. The van der Waals surface area contributed by atoms with Gasteiger partial charge in [0.05, 0.1) is 5.56 Å². The predicted octanol–water partition coefficient (Wildman–Crippen LogP) is 4.55. The van der Waals surface area contributed by atoms with E-state index in [-0.39, 0.29) is 23.9 Å². The molecule has 0 bridgehead atoms. The number of carbonyl (C=O) groups excluding carboxylic acids is 2. The summed E-state index contributed by atoms with van der Waals surface area (Å²) in [5.41, 5.74) is -0.00731. The molecule has 0 N–H and O–H groups in total. The van der Waals surface area contributed by atoms with Gasteiger partial charge >= 0.3 is 6.18 Å². The summed E-state index contributed by atoms with van der Waals surface area (Å²) in [7, 11) is 0. The first-order chi connectivity index (χ1) is 12.2. The number of carbonyl (C=O) groups is 2. The average molecular weight is 431 g/mol. The molecule has 3 rings (SSSR count). The Labute approximate surface area is 157 Å². The van der Waals surface area contributed by atoms with Crippen molar-refractivity contribution in [2.24, 2.45) is 0 Å². The van der Waals surface area contributed by atoms with Gasteiger partial charge in [0.15, 0.2) is 0 Å². The molecule has 1 aromatic heterocycles. The number of ketones is 1. The summed E-state index contributed by atoms with van der Waals surface area (Å²) in [5, 5.41) is 0.182. The van der Waals surface area contributed by atoms with Crippen LogP contribution in [0.1, 0.15) is 36.5 Å². The molecule has 1 fully saturated rings. The van der Waals surface area contributed by atoms with Gasteiger partial charge in [-0.15, -0.1) is 0 Å². The number of piperidine rings is 1. The number of hydrogen-bond acceptors (Lipinski definition) is 2. The molecule has 0 radical (unpaired) electrons. The first kappa shape index (κ1) is 18.9. The Kier molecular flexibility index (Phi) is 5.14. The number of fused-ring (bicyclic) bond motifs is 1. The van der Waals surface area contributed by atoms with Crippen LogP contribution < -0.4 is 0 Å². The molecule has 0 unspecified atom stereocenters. The number of aromatic nitrogens is 1. The first-order valence-electron chi connectivity index (χ1n) is 8.38. The Hall–Kier alpha value is -1.83. The Morgan fingerprint density at radius 1 is 1.27 bits per heavy atom. The van der Waals surface area contributed by atoms with Crippen LogP contribution in [-0.4, -0.2) is 39.9 Å². The molecule has 1 saturated heterocycles. The van der Waals surface area contributed by atoms with E-state index in [0.29, 0.717) is 16.5 Å². The third kappa shape index (κ3) is 3.65. The lowest BCUT2D eigenvalue weighted by atomic mass is 10.0. The van der Waals surface area contributed by atoms with Crippen LogP contribution in [0.2, 0.25) is 0 Å². The number of benzene rings is 1. The van der Waals surface area contributed by atoms with Crippen molar-refractivity contribution >= 4 is 38.5 Å². The molecule has 4 nitrogen and oxygen atoms in total. The molecule has 1 atom stereocenters. The third-order valence-corrected chi connectivity index (χ3v) is 5.27. The highest BCUT2D eigenvalue weighted by atomic mass is 79.9. The summed E-state index contributed by atoms with van der Waals surface area (Å²) in [6.45, 7) is 2.53. The molecule has 2 heterocycles. The molecule has 0 aliphatic carbocycles. The van der Waals surface area contributed by atoms with Gasteiger partial charge in [-0.3, -0.25) is 9.59 Å². The van der Waals surface area contributed by atoms with Crippen molar-refractivity contribution in [2.45, 2.75) is 44.9 Å². The van der Waals surface area contributed by atoms with Gasteiger partial charge in [-0.05, 0) is 44.4 Å². The van der Waals surface area contributed by atoms with Crippen molar-refractivity contribution in [2.75, 3.05) is 6.54 Å². The maximum atomic E-state index is 12.9. The van der Waals surface area contributed by atoms with E-state index in [1.165, 1.54) is 10.6 Å². The van der Waals surface area contributed by atoms with Crippen LogP contribution in [0.5, 0.6) is 0 Å². The minimum Gasteiger partial charge on any atom is -0.338 e. The molecular weight excluding hydrogens is 413 g/mol. The minimum atomic E-state index is -4.97. The summed E-state index contributed by atoms with van der Waals surface area (Å²) in [6, 6.07) is 4.87. The maximum absolute atomic E-state index is 12.9. The van der Waals surface area contributed by atoms with Crippen LogP contribution in [0.25, 0.3) is 10.9 Å². The molecule has 0 saturated carbocycles. The molecule has 1 aliphatic heterocycles. The summed E-state index contributed by atoms with van der Waals surface area (Å²) in [5.74, 6) is -2.05. The van der Waals surface area contributed by atoms with Gasteiger partial charge in [0.1, 0.15) is 6.54 Å². The molecule has 0 spiro atoms. The van der Waals surface area contributed by atoms with Gasteiger partial charge in [-0.2, -0.15) is 13.2 Å². The highest BCUT2D eigenvalue weighted by Crippen LogP contribution is 2.31. The molecule has 1 amide bonds. The van der Waals surface area contributed by atoms with Crippen LogP contribution >= 0.6 is 15.9 Å². The smallest absolute Gasteiger partial charge is 0.338 e. The van der Waals surface area contributed by atoms with Crippen LogP contribution in [0, 0.1) is 0 Å². The Morgan fingerprint density at radius 3 is 2.65 bits per heavy atom. The Balaban J connectivity index is 1.98. The third-order valence-electron chi connectivity index (χ3n) is 4.77. The normalized spacial score (nSPS) is 18.3. The number of likely N-dealkylation sites (tertiary alicyclic amines) is 1. The molecule has 26 heavy (non-hydrogen) atoms. The number of halogens is 4. The van der Waals surface area contributed by atoms with Crippen molar-refractivity contribution in [1.82, 2.24) is 9.47 Å². The number of hydrogen-bond donors (Lipinski definition) is 0. The van der Waals surface area contributed by atoms with E-state index in [1.54, 1.807) is 17.0 Å². The van der Waals surface area contributed by atoms with Crippen LogP contribution in [0.15, 0.2) is 28.9 Å². The van der Waals surface area contributed by atoms with E-state index in [4.69, 9.17) is 0 Å². The fourth-order valence-corrected chi connectivity index (χ4v) is 3.80. The highest BCUT2D eigenvalue weighted by molar-refractivity contribution is 9.10. The van der Waals surface area contributed by atoms with E-state index in [0.717, 1.165) is 25.5 Å². The Morgan fingerprint density at radius 2 is 2.00 bits per heavy atom. The molecular formula is C18H18BrF3N2O2. The van der Waals surface area contributed by atoms with Crippen LogP contribution in [-0.2, 0) is 11.3 Å². The summed E-state index contributed by atoms with van der Waals surface area (Å²) >= 11 is 3.22. The number of amides is 1. The summed E-state index contributed by atoms with van der Waals surface area (Å²) in [4.78, 5) is 26.2. The Bertz CT molecular complexity index is 860. The molecule has 140 valence electrons. The van der Waals surface area contributed by atoms with Gasteiger partial charge in [-0.1, -0.05) is 15.9 Å². The van der Waals surface area contributed by atoms with Crippen LogP contribution in [0.4, 0.5) is 13.2 Å². The van der Waals surface area contributed by atoms with Crippen molar-refractivity contribution < 1.29 is 22.8 Å².